The monoisotopic (exact) mass is 386 g/mol. The van der Waals surface area contributed by atoms with E-state index >= 15 is 0 Å². The van der Waals surface area contributed by atoms with Crippen molar-refractivity contribution < 1.29 is 20.4 Å². The van der Waals surface area contributed by atoms with Crippen LogP contribution in [0.4, 0.5) is 0 Å². The normalized spacial score (nSPS) is 14.2. The molecule has 146 valence electrons. The Labute approximate surface area is 169 Å². The van der Waals surface area contributed by atoms with Gasteiger partial charge in [0.25, 0.3) is 0 Å². The van der Waals surface area contributed by atoms with Crippen LogP contribution in [0, 0.1) is 0 Å². The smallest absolute Gasteiger partial charge is 0.115 e. The van der Waals surface area contributed by atoms with E-state index in [2.05, 4.69) is 0 Å². The van der Waals surface area contributed by atoms with Crippen molar-refractivity contribution in [3.8, 4) is 17.2 Å². The van der Waals surface area contributed by atoms with Crippen LogP contribution in [0.5, 0.6) is 17.2 Å². The Morgan fingerprint density at radius 2 is 0.862 bits per heavy atom. The number of rotatable bonds is 4. The van der Waals surface area contributed by atoms with Gasteiger partial charge >= 0.3 is 0 Å². The largest absolute Gasteiger partial charge is 0.512 e. The Bertz CT molecular complexity index is 948. The highest BCUT2D eigenvalue weighted by Gasteiger charge is 2.40. The Morgan fingerprint density at radius 1 is 0.483 bits per heavy atom. The third-order valence-electron chi connectivity index (χ3n) is 5.51. The number of phenolic OH excluding ortho intramolecular Hbond substituents is 3. The lowest BCUT2D eigenvalue weighted by molar-refractivity contribution is 0.382. The Morgan fingerprint density at radius 3 is 1.17 bits per heavy atom. The van der Waals surface area contributed by atoms with Crippen LogP contribution in [-0.2, 0) is 5.41 Å². The van der Waals surface area contributed by atoms with Crippen LogP contribution >= 0.6 is 0 Å². The molecule has 0 spiro atoms. The van der Waals surface area contributed by atoms with Gasteiger partial charge in [-0.25, -0.2) is 0 Å². The minimum atomic E-state index is -0.716. The number of aromatic hydroxyl groups is 3. The summed E-state index contributed by atoms with van der Waals surface area (Å²) in [5.74, 6) is 0.863. The molecule has 0 saturated carbocycles. The average molecular weight is 386 g/mol. The van der Waals surface area contributed by atoms with Crippen molar-refractivity contribution in [2.45, 2.75) is 18.3 Å². The fraction of sp³-hybridized carbons (Fsp3) is 0.120. The molecular formula is C25H22O4. The lowest BCUT2D eigenvalue weighted by atomic mass is 9.63. The summed E-state index contributed by atoms with van der Waals surface area (Å²) in [6.45, 7) is 0. The zero-order chi connectivity index (χ0) is 20.4. The van der Waals surface area contributed by atoms with Crippen molar-refractivity contribution in [1.82, 2.24) is 0 Å². The van der Waals surface area contributed by atoms with Crippen molar-refractivity contribution >= 4 is 0 Å². The van der Waals surface area contributed by atoms with Gasteiger partial charge in [-0.05, 0) is 65.6 Å². The number of allylic oxidation sites excluding steroid dienone is 4. The fourth-order valence-corrected chi connectivity index (χ4v) is 4.13. The number of aliphatic hydroxyl groups is 1. The van der Waals surface area contributed by atoms with E-state index in [9.17, 15) is 20.4 Å². The highest BCUT2D eigenvalue weighted by molar-refractivity contribution is 5.61. The molecule has 4 heteroatoms. The van der Waals surface area contributed by atoms with Crippen molar-refractivity contribution in [1.29, 1.82) is 0 Å². The molecule has 1 aliphatic carbocycles. The molecular weight excluding hydrogens is 364 g/mol. The maximum absolute atomic E-state index is 9.93. The van der Waals surface area contributed by atoms with Gasteiger partial charge in [0, 0.05) is 6.42 Å². The third-order valence-corrected chi connectivity index (χ3v) is 5.51. The topological polar surface area (TPSA) is 80.9 Å². The van der Waals surface area contributed by atoms with Crippen LogP contribution in [0.3, 0.4) is 0 Å². The van der Waals surface area contributed by atoms with E-state index in [1.807, 2.05) is 42.5 Å². The molecule has 3 aromatic rings. The summed E-state index contributed by atoms with van der Waals surface area (Å²) >= 11 is 0. The van der Waals surface area contributed by atoms with Gasteiger partial charge in [-0.15, -0.1) is 0 Å². The number of benzene rings is 3. The molecule has 3 aromatic carbocycles. The molecule has 0 radical (unpaired) electrons. The summed E-state index contributed by atoms with van der Waals surface area (Å²) in [5.41, 5.74) is 3.16. The lowest BCUT2D eigenvalue weighted by Gasteiger charge is -2.39. The summed E-state index contributed by atoms with van der Waals surface area (Å²) in [5, 5.41) is 39.5. The SMILES string of the molecule is OC1=CC=C(C(c2ccc(O)cc2)(c2ccc(O)cc2)c2ccc(O)cc2)CC1. The second-order valence-corrected chi connectivity index (χ2v) is 7.24. The van der Waals surface area contributed by atoms with Gasteiger partial charge in [0.05, 0.1) is 11.2 Å². The van der Waals surface area contributed by atoms with Crippen molar-refractivity contribution in [3.05, 3.63) is 113 Å². The van der Waals surface area contributed by atoms with Gasteiger partial charge in [-0.1, -0.05) is 48.0 Å². The molecule has 0 fully saturated rings. The first-order valence-corrected chi connectivity index (χ1v) is 9.48. The maximum Gasteiger partial charge on any atom is 0.115 e. The zero-order valence-corrected chi connectivity index (χ0v) is 15.8. The summed E-state index contributed by atoms with van der Waals surface area (Å²) in [4.78, 5) is 0. The molecule has 4 N–H and O–H groups in total. The van der Waals surface area contributed by atoms with E-state index in [-0.39, 0.29) is 17.2 Å². The number of hydrogen-bond donors (Lipinski definition) is 4. The highest BCUT2D eigenvalue weighted by Crippen LogP contribution is 2.48. The summed E-state index contributed by atoms with van der Waals surface area (Å²) in [6.07, 6.45) is 4.83. The molecule has 0 unspecified atom stereocenters. The van der Waals surface area contributed by atoms with Gasteiger partial charge in [0.2, 0.25) is 0 Å². The fourth-order valence-electron chi connectivity index (χ4n) is 4.13. The van der Waals surface area contributed by atoms with E-state index in [1.54, 1.807) is 42.5 Å². The summed E-state index contributed by atoms with van der Waals surface area (Å²) in [6, 6.07) is 21.2. The molecule has 0 heterocycles. The van der Waals surface area contributed by atoms with Crippen molar-refractivity contribution in [2.24, 2.45) is 0 Å². The van der Waals surface area contributed by atoms with E-state index in [1.165, 1.54) is 0 Å². The molecule has 0 bridgehead atoms. The van der Waals surface area contributed by atoms with Crippen LogP contribution < -0.4 is 0 Å². The molecule has 0 aliphatic heterocycles. The second kappa shape index (κ2) is 7.40. The van der Waals surface area contributed by atoms with E-state index < -0.39 is 5.41 Å². The van der Waals surface area contributed by atoms with E-state index in [0.717, 1.165) is 22.3 Å². The van der Waals surface area contributed by atoms with Crippen molar-refractivity contribution in [3.63, 3.8) is 0 Å². The van der Waals surface area contributed by atoms with Crippen LogP contribution in [0.15, 0.2) is 96.3 Å². The first-order valence-electron chi connectivity index (χ1n) is 9.48. The number of aliphatic hydroxyl groups excluding tert-OH is 1. The molecule has 0 aromatic heterocycles. The Balaban J connectivity index is 2.08. The molecule has 0 saturated heterocycles. The molecule has 0 amide bonds. The average Bonchev–Trinajstić information content (AvgIpc) is 2.73. The quantitative estimate of drug-likeness (QED) is 0.459. The highest BCUT2D eigenvalue weighted by atomic mass is 16.3. The summed E-state index contributed by atoms with van der Waals surface area (Å²) < 4.78 is 0. The van der Waals surface area contributed by atoms with Gasteiger partial charge in [0.15, 0.2) is 0 Å². The van der Waals surface area contributed by atoms with Crippen LogP contribution in [0.1, 0.15) is 29.5 Å². The molecule has 4 nitrogen and oxygen atoms in total. The number of phenols is 3. The van der Waals surface area contributed by atoms with Gasteiger partial charge in [-0.2, -0.15) is 0 Å². The minimum Gasteiger partial charge on any atom is -0.512 e. The van der Waals surface area contributed by atoms with Crippen molar-refractivity contribution in [2.75, 3.05) is 0 Å². The van der Waals surface area contributed by atoms with Gasteiger partial charge < -0.3 is 20.4 Å². The Kier molecular flexibility index (Phi) is 4.77. The predicted octanol–water partition coefficient (Wildman–Crippen LogP) is 5.30. The molecule has 0 atom stereocenters. The predicted molar refractivity (Wildman–Crippen MR) is 112 cm³/mol. The van der Waals surface area contributed by atoms with Gasteiger partial charge in [-0.3, -0.25) is 0 Å². The standard InChI is InChI=1S/C25H22O4/c26-21-9-1-17(2-10-21)25(18-3-11-22(27)12-4-18,19-5-13-23(28)14-6-19)20-7-15-24(29)16-8-20/h1-7,9-15,26-29H,8,16H2. The van der Waals surface area contributed by atoms with E-state index in [4.69, 9.17) is 0 Å². The van der Waals surface area contributed by atoms with E-state index in [0.29, 0.717) is 18.6 Å². The third kappa shape index (κ3) is 3.34. The molecule has 4 rings (SSSR count). The zero-order valence-electron chi connectivity index (χ0n) is 15.8. The minimum absolute atomic E-state index is 0.175. The maximum atomic E-state index is 9.93. The Hall–Kier alpha value is -3.66. The van der Waals surface area contributed by atoms with Crippen LogP contribution in [0.25, 0.3) is 0 Å². The molecule has 1 aliphatic rings. The first-order chi connectivity index (χ1) is 14.0. The lowest BCUT2D eigenvalue weighted by Crippen LogP contribution is -2.32. The second-order valence-electron chi connectivity index (χ2n) is 7.24. The number of hydrogen-bond acceptors (Lipinski definition) is 4. The molecule has 29 heavy (non-hydrogen) atoms. The van der Waals surface area contributed by atoms with Crippen LogP contribution in [0.2, 0.25) is 0 Å². The van der Waals surface area contributed by atoms with Gasteiger partial charge in [0.1, 0.15) is 17.2 Å². The first kappa shape index (κ1) is 18.7. The van der Waals surface area contributed by atoms with Crippen LogP contribution in [-0.4, -0.2) is 20.4 Å². The summed E-state index contributed by atoms with van der Waals surface area (Å²) in [7, 11) is 0.